The second kappa shape index (κ2) is 5.15. The van der Waals surface area contributed by atoms with Crippen LogP contribution in [0.4, 0.5) is 0 Å². The highest BCUT2D eigenvalue weighted by Gasteiger charge is 2.31. The molecule has 0 amide bonds. The van der Waals surface area contributed by atoms with Crippen molar-refractivity contribution >= 4 is 17.0 Å². The van der Waals surface area contributed by atoms with Crippen LogP contribution >= 0.6 is 0 Å². The largest absolute Gasteiger partial charge is 0.478 e. The maximum absolute atomic E-state index is 11.2. The number of nitrogens with zero attached hydrogens (tertiary/aromatic N) is 2. The molecule has 21 heavy (non-hydrogen) atoms. The summed E-state index contributed by atoms with van der Waals surface area (Å²) in [5.41, 5.74) is 1.84. The summed E-state index contributed by atoms with van der Waals surface area (Å²) < 4.78 is 7.99. The summed E-state index contributed by atoms with van der Waals surface area (Å²) in [6, 6.07) is 5.10. The lowest BCUT2D eigenvalue weighted by molar-refractivity contribution is 0.00652. The van der Waals surface area contributed by atoms with Gasteiger partial charge < -0.3 is 14.4 Å². The molecule has 1 fully saturated rings. The van der Waals surface area contributed by atoms with E-state index >= 15 is 0 Å². The molecular formula is C16H20N2O3. The van der Waals surface area contributed by atoms with Gasteiger partial charge >= 0.3 is 5.97 Å². The van der Waals surface area contributed by atoms with Gasteiger partial charge in [-0.25, -0.2) is 9.78 Å². The molecule has 1 saturated heterocycles. The summed E-state index contributed by atoms with van der Waals surface area (Å²) >= 11 is 0. The molecule has 112 valence electrons. The summed E-state index contributed by atoms with van der Waals surface area (Å²) in [5.74, 6) is 0.0651. The van der Waals surface area contributed by atoms with Gasteiger partial charge in [0, 0.05) is 13.0 Å². The Morgan fingerprint density at radius 2 is 2.33 bits per heavy atom. The number of benzene rings is 1. The highest BCUT2D eigenvalue weighted by atomic mass is 16.5. The third kappa shape index (κ3) is 2.53. The summed E-state index contributed by atoms with van der Waals surface area (Å²) in [7, 11) is 0. The van der Waals surface area contributed by atoms with Crippen molar-refractivity contribution in [3.63, 3.8) is 0 Å². The molecule has 2 heterocycles. The normalized spacial score (nSPS) is 22.0. The standard InChI is InChI=1S/C16H20N2O3/c1-3-14-17-12-6-5-11(15(19)20)9-13(12)18(14)10-16(2)7-4-8-21-16/h5-6,9H,3-4,7-8,10H2,1-2H3,(H,19,20). The Bertz CT molecular complexity index is 684. The van der Waals surface area contributed by atoms with Crippen molar-refractivity contribution in [3.05, 3.63) is 29.6 Å². The molecule has 1 aliphatic rings. The van der Waals surface area contributed by atoms with Crippen LogP contribution in [0.3, 0.4) is 0 Å². The number of hydrogen-bond acceptors (Lipinski definition) is 3. The van der Waals surface area contributed by atoms with Gasteiger partial charge in [0.1, 0.15) is 5.82 Å². The van der Waals surface area contributed by atoms with Crippen molar-refractivity contribution in [2.45, 2.75) is 45.3 Å². The van der Waals surface area contributed by atoms with Crippen molar-refractivity contribution in [2.24, 2.45) is 0 Å². The maximum Gasteiger partial charge on any atom is 0.335 e. The van der Waals surface area contributed by atoms with Crippen molar-refractivity contribution < 1.29 is 14.6 Å². The quantitative estimate of drug-likeness (QED) is 0.939. The minimum atomic E-state index is -0.911. The zero-order valence-corrected chi connectivity index (χ0v) is 12.4. The monoisotopic (exact) mass is 288 g/mol. The number of rotatable bonds is 4. The molecule has 1 aromatic carbocycles. The first-order valence-electron chi connectivity index (χ1n) is 7.39. The molecule has 1 N–H and O–H groups in total. The Balaban J connectivity index is 2.09. The molecule has 1 unspecified atom stereocenters. The van der Waals surface area contributed by atoms with Crippen LogP contribution in [0.5, 0.6) is 0 Å². The van der Waals surface area contributed by atoms with E-state index in [1.807, 2.05) is 0 Å². The molecule has 0 spiro atoms. The number of carbonyl (C=O) groups is 1. The van der Waals surface area contributed by atoms with E-state index in [2.05, 4.69) is 23.4 Å². The number of aryl methyl sites for hydroxylation is 1. The average Bonchev–Trinajstić information content (AvgIpc) is 3.03. The Morgan fingerprint density at radius 3 is 2.95 bits per heavy atom. The van der Waals surface area contributed by atoms with E-state index in [9.17, 15) is 9.90 Å². The van der Waals surface area contributed by atoms with E-state index in [4.69, 9.17) is 4.74 Å². The van der Waals surface area contributed by atoms with E-state index < -0.39 is 5.97 Å². The van der Waals surface area contributed by atoms with Crippen LogP contribution in [0, 0.1) is 0 Å². The van der Waals surface area contributed by atoms with Crippen LogP contribution in [0.25, 0.3) is 11.0 Å². The number of ether oxygens (including phenoxy) is 1. The SMILES string of the molecule is CCc1nc2ccc(C(=O)O)cc2n1CC1(C)CCCO1. The number of imidazole rings is 1. The van der Waals surface area contributed by atoms with Gasteiger partial charge in [0.05, 0.1) is 28.7 Å². The molecule has 2 aromatic rings. The van der Waals surface area contributed by atoms with Gasteiger partial charge in [-0.1, -0.05) is 6.92 Å². The van der Waals surface area contributed by atoms with Crippen molar-refractivity contribution in [1.29, 1.82) is 0 Å². The van der Waals surface area contributed by atoms with E-state index in [1.54, 1.807) is 18.2 Å². The Kier molecular flexibility index (Phi) is 3.45. The fraction of sp³-hybridized carbons (Fsp3) is 0.500. The van der Waals surface area contributed by atoms with Gasteiger partial charge in [0.2, 0.25) is 0 Å². The molecule has 1 atom stereocenters. The average molecular weight is 288 g/mol. The molecule has 0 aliphatic carbocycles. The van der Waals surface area contributed by atoms with Gasteiger partial charge in [-0.05, 0) is 38.0 Å². The highest BCUT2D eigenvalue weighted by molar-refractivity contribution is 5.92. The predicted molar refractivity (Wildman–Crippen MR) is 79.7 cm³/mol. The maximum atomic E-state index is 11.2. The number of fused-ring (bicyclic) bond motifs is 1. The summed E-state index contributed by atoms with van der Waals surface area (Å²) in [6.45, 7) is 5.70. The highest BCUT2D eigenvalue weighted by Crippen LogP contribution is 2.29. The van der Waals surface area contributed by atoms with Crippen LogP contribution in [-0.4, -0.2) is 32.8 Å². The van der Waals surface area contributed by atoms with Crippen molar-refractivity contribution in [1.82, 2.24) is 9.55 Å². The third-order valence-electron chi connectivity index (χ3n) is 4.18. The number of hydrogen-bond donors (Lipinski definition) is 1. The first-order chi connectivity index (χ1) is 10.0. The smallest absolute Gasteiger partial charge is 0.335 e. The van der Waals surface area contributed by atoms with Gasteiger partial charge in [0.25, 0.3) is 0 Å². The lowest BCUT2D eigenvalue weighted by atomic mass is 10.0. The van der Waals surface area contributed by atoms with Crippen LogP contribution in [0.1, 0.15) is 42.9 Å². The first-order valence-corrected chi connectivity index (χ1v) is 7.39. The van der Waals surface area contributed by atoms with Crippen molar-refractivity contribution in [2.75, 3.05) is 6.61 Å². The zero-order chi connectivity index (χ0) is 15.0. The lowest BCUT2D eigenvalue weighted by Gasteiger charge is -2.25. The van der Waals surface area contributed by atoms with Gasteiger partial charge in [-0.15, -0.1) is 0 Å². The van der Waals surface area contributed by atoms with E-state index in [1.165, 1.54) is 0 Å². The molecule has 3 rings (SSSR count). The van der Waals surface area contributed by atoms with E-state index in [0.717, 1.165) is 49.3 Å². The topological polar surface area (TPSA) is 64.3 Å². The molecule has 5 heteroatoms. The third-order valence-corrected chi connectivity index (χ3v) is 4.18. The van der Waals surface area contributed by atoms with E-state index in [0.29, 0.717) is 5.56 Å². The van der Waals surface area contributed by atoms with Crippen LogP contribution < -0.4 is 0 Å². The number of carboxylic acids is 1. The van der Waals surface area contributed by atoms with Crippen LogP contribution in [0.2, 0.25) is 0 Å². The Hall–Kier alpha value is -1.88. The van der Waals surface area contributed by atoms with Gasteiger partial charge in [-0.3, -0.25) is 0 Å². The molecule has 0 bridgehead atoms. The Labute approximate surface area is 123 Å². The molecule has 0 radical (unpaired) electrons. The number of carboxylic acid groups (broad SMARTS) is 1. The number of aromatic carboxylic acids is 1. The van der Waals surface area contributed by atoms with E-state index in [-0.39, 0.29) is 5.60 Å². The molecule has 5 nitrogen and oxygen atoms in total. The summed E-state index contributed by atoms with van der Waals surface area (Å²) in [4.78, 5) is 15.8. The van der Waals surface area contributed by atoms with Gasteiger partial charge in [-0.2, -0.15) is 0 Å². The van der Waals surface area contributed by atoms with Gasteiger partial charge in [0.15, 0.2) is 0 Å². The number of aromatic nitrogens is 2. The molecule has 1 aromatic heterocycles. The summed E-state index contributed by atoms with van der Waals surface area (Å²) in [6.07, 6.45) is 2.91. The lowest BCUT2D eigenvalue weighted by Crippen LogP contribution is -2.30. The molecule has 0 saturated carbocycles. The molecule has 1 aliphatic heterocycles. The van der Waals surface area contributed by atoms with Crippen LogP contribution in [-0.2, 0) is 17.7 Å². The second-order valence-electron chi connectivity index (χ2n) is 5.88. The zero-order valence-electron chi connectivity index (χ0n) is 12.4. The van der Waals surface area contributed by atoms with Crippen LogP contribution in [0.15, 0.2) is 18.2 Å². The predicted octanol–water partition coefficient (Wildman–Crippen LogP) is 2.87. The van der Waals surface area contributed by atoms with Crippen molar-refractivity contribution in [3.8, 4) is 0 Å². The summed E-state index contributed by atoms with van der Waals surface area (Å²) in [5, 5.41) is 9.18. The second-order valence-corrected chi connectivity index (χ2v) is 5.88. The minimum absolute atomic E-state index is 0.184. The minimum Gasteiger partial charge on any atom is -0.478 e. The molecular weight excluding hydrogens is 268 g/mol. The fourth-order valence-electron chi connectivity index (χ4n) is 3.05. The fourth-order valence-corrected chi connectivity index (χ4v) is 3.05. The first kappa shape index (κ1) is 14.1. The Morgan fingerprint density at radius 1 is 1.52 bits per heavy atom.